The van der Waals surface area contributed by atoms with Gasteiger partial charge < -0.3 is 10.2 Å². The second-order valence-corrected chi connectivity index (χ2v) is 4.99. The van der Waals surface area contributed by atoms with Crippen LogP contribution in [0, 0.1) is 5.92 Å². The Bertz CT molecular complexity index is 139. The molecule has 1 aliphatic rings. The zero-order chi connectivity index (χ0) is 10.9. The van der Waals surface area contributed by atoms with Crippen molar-refractivity contribution in [2.24, 2.45) is 5.92 Å². The van der Waals surface area contributed by atoms with Gasteiger partial charge in [0.05, 0.1) is 0 Å². The highest BCUT2D eigenvalue weighted by molar-refractivity contribution is 4.70. The Morgan fingerprint density at radius 3 is 2.53 bits per heavy atom. The monoisotopic (exact) mass is 212 g/mol. The molecule has 2 heteroatoms. The first kappa shape index (κ1) is 13.0. The summed E-state index contributed by atoms with van der Waals surface area (Å²) in [5, 5.41) is 3.57. The van der Waals surface area contributed by atoms with E-state index >= 15 is 0 Å². The van der Waals surface area contributed by atoms with E-state index in [2.05, 4.69) is 24.2 Å². The van der Waals surface area contributed by atoms with E-state index in [-0.39, 0.29) is 0 Å². The molecule has 0 unspecified atom stereocenters. The number of piperidine rings is 1. The smallest absolute Gasteiger partial charge is 0.00191 e. The van der Waals surface area contributed by atoms with E-state index in [0.717, 1.165) is 5.92 Å². The molecule has 1 aliphatic heterocycles. The molecule has 0 saturated carbocycles. The van der Waals surface area contributed by atoms with Gasteiger partial charge in [0, 0.05) is 0 Å². The summed E-state index contributed by atoms with van der Waals surface area (Å²) in [6.45, 7) is 7.33. The van der Waals surface area contributed by atoms with Crippen LogP contribution in [0.1, 0.15) is 45.4 Å². The second-order valence-electron chi connectivity index (χ2n) is 4.99. The maximum absolute atomic E-state index is 3.57. The summed E-state index contributed by atoms with van der Waals surface area (Å²) < 4.78 is 0. The van der Waals surface area contributed by atoms with E-state index in [1.807, 2.05) is 0 Å². The summed E-state index contributed by atoms with van der Waals surface area (Å²) >= 11 is 0. The van der Waals surface area contributed by atoms with E-state index in [0.29, 0.717) is 0 Å². The van der Waals surface area contributed by atoms with Crippen LogP contribution in [-0.4, -0.2) is 38.1 Å². The molecule has 0 radical (unpaired) electrons. The normalized spacial score (nSPS) is 19.6. The van der Waals surface area contributed by atoms with E-state index < -0.39 is 0 Å². The number of nitrogens with zero attached hydrogens (tertiary/aromatic N) is 1. The number of hydrogen-bond acceptors (Lipinski definition) is 2. The number of unbranched alkanes of at least 4 members (excludes halogenated alkanes) is 2. The van der Waals surface area contributed by atoms with Crippen molar-refractivity contribution >= 4 is 0 Å². The fourth-order valence-electron chi connectivity index (χ4n) is 2.28. The maximum Gasteiger partial charge on any atom is -0.00191 e. The lowest BCUT2D eigenvalue weighted by molar-refractivity contribution is 0.211. The van der Waals surface area contributed by atoms with Crippen LogP contribution >= 0.6 is 0 Å². The third kappa shape index (κ3) is 6.16. The molecule has 2 nitrogen and oxygen atoms in total. The molecule has 0 bridgehead atoms. The SMILES string of the molecule is CCCCCNCCC1CCN(C)CC1. The molecule has 0 aromatic carbocycles. The highest BCUT2D eigenvalue weighted by Crippen LogP contribution is 2.18. The van der Waals surface area contributed by atoms with Gasteiger partial charge in [-0.05, 0) is 64.8 Å². The van der Waals surface area contributed by atoms with Gasteiger partial charge in [-0.3, -0.25) is 0 Å². The summed E-state index contributed by atoms with van der Waals surface area (Å²) in [6.07, 6.45) is 8.27. The largest absolute Gasteiger partial charge is 0.317 e. The predicted molar refractivity (Wildman–Crippen MR) is 67.2 cm³/mol. The summed E-state index contributed by atoms with van der Waals surface area (Å²) in [5.41, 5.74) is 0. The number of rotatable bonds is 7. The molecule has 1 N–H and O–H groups in total. The minimum absolute atomic E-state index is 0.986. The molecular formula is C13H28N2. The highest BCUT2D eigenvalue weighted by atomic mass is 15.1. The standard InChI is InChI=1S/C13H28N2/c1-3-4-5-9-14-10-6-13-7-11-15(2)12-8-13/h13-14H,3-12H2,1-2H3. The third-order valence-electron chi connectivity index (χ3n) is 3.52. The average Bonchev–Trinajstić information content (AvgIpc) is 2.26. The van der Waals surface area contributed by atoms with Crippen LogP contribution in [-0.2, 0) is 0 Å². The minimum Gasteiger partial charge on any atom is -0.317 e. The van der Waals surface area contributed by atoms with Gasteiger partial charge in [-0.15, -0.1) is 0 Å². The highest BCUT2D eigenvalue weighted by Gasteiger charge is 2.15. The Morgan fingerprint density at radius 2 is 1.87 bits per heavy atom. The van der Waals surface area contributed by atoms with Crippen molar-refractivity contribution in [3.05, 3.63) is 0 Å². The van der Waals surface area contributed by atoms with Crippen molar-refractivity contribution in [3.63, 3.8) is 0 Å². The Balaban J connectivity index is 1.87. The van der Waals surface area contributed by atoms with Crippen molar-refractivity contribution in [2.75, 3.05) is 33.2 Å². The van der Waals surface area contributed by atoms with Crippen molar-refractivity contribution < 1.29 is 0 Å². The lowest BCUT2D eigenvalue weighted by Gasteiger charge is -2.28. The van der Waals surface area contributed by atoms with Crippen molar-refractivity contribution in [1.29, 1.82) is 0 Å². The van der Waals surface area contributed by atoms with Gasteiger partial charge in [0.1, 0.15) is 0 Å². The molecule has 0 spiro atoms. The summed E-state index contributed by atoms with van der Waals surface area (Å²) in [5.74, 6) is 0.986. The average molecular weight is 212 g/mol. The molecule has 15 heavy (non-hydrogen) atoms. The van der Waals surface area contributed by atoms with Gasteiger partial charge in [-0.2, -0.15) is 0 Å². The van der Waals surface area contributed by atoms with Crippen LogP contribution in [0.25, 0.3) is 0 Å². The summed E-state index contributed by atoms with van der Waals surface area (Å²) in [7, 11) is 2.24. The van der Waals surface area contributed by atoms with Crippen LogP contribution in [0.3, 0.4) is 0 Å². The Hall–Kier alpha value is -0.0800. The number of nitrogens with one attached hydrogen (secondary N) is 1. The van der Waals surface area contributed by atoms with Crippen LogP contribution in [0.4, 0.5) is 0 Å². The Labute approximate surface area is 95.4 Å². The molecule has 1 heterocycles. The zero-order valence-electron chi connectivity index (χ0n) is 10.6. The molecule has 0 aromatic heterocycles. The molecule has 0 aromatic rings. The quantitative estimate of drug-likeness (QED) is 0.652. The Kier molecular flexibility index (Phi) is 7.03. The molecule has 0 atom stereocenters. The van der Waals surface area contributed by atoms with Crippen molar-refractivity contribution in [2.45, 2.75) is 45.4 Å². The Morgan fingerprint density at radius 1 is 1.13 bits per heavy atom. The number of hydrogen-bond donors (Lipinski definition) is 1. The molecule has 1 rings (SSSR count). The van der Waals surface area contributed by atoms with Crippen molar-refractivity contribution in [3.8, 4) is 0 Å². The molecule has 1 fully saturated rings. The fourth-order valence-corrected chi connectivity index (χ4v) is 2.28. The van der Waals surface area contributed by atoms with Gasteiger partial charge >= 0.3 is 0 Å². The zero-order valence-corrected chi connectivity index (χ0v) is 10.6. The molecular weight excluding hydrogens is 184 g/mol. The lowest BCUT2D eigenvalue weighted by Crippen LogP contribution is -2.31. The second kappa shape index (κ2) is 8.12. The first-order valence-electron chi connectivity index (χ1n) is 6.72. The van der Waals surface area contributed by atoms with E-state index in [1.54, 1.807) is 0 Å². The molecule has 0 aliphatic carbocycles. The van der Waals surface area contributed by atoms with Gasteiger partial charge in [0.15, 0.2) is 0 Å². The fraction of sp³-hybridized carbons (Fsp3) is 1.00. The molecule has 90 valence electrons. The summed E-state index contributed by atoms with van der Waals surface area (Å²) in [6, 6.07) is 0. The van der Waals surface area contributed by atoms with E-state index in [9.17, 15) is 0 Å². The van der Waals surface area contributed by atoms with Crippen LogP contribution in [0.15, 0.2) is 0 Å². The van der Waals surface area contributed by atoms with Crippen LogP contribution < -0.4 is 5.32 Å². The lowest BCUT2D eigenvalue weighted by atomic mass is 9.94. The first-order chi connectivity index (χ1) is 7.33. The van der Waals surface area contributed by atoms with E-state index in [1.165, 1.54) is 64.7 Å². The topological polar surface area (TPSA) is 15.3 Å². The predicted octanol–water partition coefficient (Wildman–Crippen LogP) is 2.50. The number of likely N-dealkylation sites (tertiary alicyclic amines) is 1. The first-order valence-corrected chi connectivity index (χ1v) is 6.72. The van der Waals surface area contributed by atoms with Gasteiger partial charge in [-0.25, -0.2) is 0 Å². The third-order valence-corrected chi connectivity index (χ3v) is 3.52. The van der Waals surface area contributed by atoms with Gasteiger partial charge in [-0.1, -0.05) is 19.8 Å². The molecule has 0 amide bonds. The van der Waals surface area contributed by atoms with Crippen LogP contribution in [0.5, 0.6) is 0 Å². The minimum atomic E-state index is 0.986. The van der Waals surface area contributed by atoms with E-state index in [4.69, 9.17) is 0 Å². The van der Waals surface area contributed by atoms with Gasteiger partial charge in [0.25, 0.3) is 0 Å². The van der Waals surface area contributed by atoms with Crippen LogP contribution in [0.2, 0.25) is 0 Å². The van der Waals surface area contributed by atoms with Crippen molar-refractivity contribution in [1.82, 2.24) is 10.2 Å². The molecule has 1 saturated heterocycles. The summed E-state index contributed by atoms with van der Waals surface area (Å²) in [4.78, 5) is 2.45. The van der Waals surface area contributed by atoms with Gasteiger partial charge in [0.2, 0.25) is 0 Å². The maximum atomic E-state index is 3.57.